The van der Waals surface area contributed by atoms with Gasteiger partial charge in [0, 0.05) is 12.8 Å². The van der Waals surface area contributed by atoms with E-state index in [-0.39, 0.29) is 25.6 Å². The van der Waals surface area contributed by atoms with E-state index in [4.69, 9.17) is 18.5 Å². The fourth-order valence-electron chi connectivity index (χ4n) is 13.2. The van der Waals surface area contributed by atoms with Crippen molar-refractivity contribution in [2.45, 2.75) is 463 Å². The van der Waals surface area contributed by atoms with Gasteiger partial charge in [0.25, 0.3) is 0 Å². The molecule has 0 spiro atoms. The Bertz CT molecular complexity index is 1650. The first-order valence-corrected chi connectivity index (χ1v) is 44.1. The van der Waals surface area contributed by atoms with Gasteiger partial charge in [-0.05, 0) is 44.9 Å². The van der Waals surface area contributed by atoms with Crippen molar-refractivity contribution in [1.82, 2.24) is 0 Å². The Morgan fingerprint density at radius 2 is 0.568 bits per heavy atom. The number of phosphoric ester groups is 1. The predicted molar refractivity (Wildman–Crippen MR) is 414 cm³/mol. The molecule has 0 aromatic carbocycles. The van der Waals surface area contributed by atoms with Crippen molar-refractivity contribution in [2.75, 3.05) is 47.5 Å². The van der Waals surface area contributed by atoms with Gasteiger partial charge in [0.1, 0.15) is 19.8 Å². The molecule has 0 radical (unpaired) electrons. The van der Waals surface area contributed by atoms with Crippen LogP contribution >= 0.6 is 7.82 Å². The molecule has 564 valence electrons. The second-order valence-electron chi connectivity index (χ2n) is 30.6. The van der Waals surface area contributed by atoms with E-state index < -0.39 is 26.5 Å². The van der Waals surface area contributed by atoms with Crippen molar-refractivity contribution in [3.8, 4) is 0 Å². The summed E-state index contributed by atoms with van der Waals surface area (Å²) >= 11 is 0. The first-order valence-electron chi connectivity index (χ1n) is 42.6. The number of quaternary nitrogens is 1. The van der Waals surface area contributed by atoms with Crippen molar-refractivity contribution in [2.24, 2.45) is 0 Å². The molecule has 0 heterocycles. The van der Waals surface area contributed by atoms with E-state index in [0.29, 0.717) is 17.4 Å². The van der Waals surface area contributed by atoms with Crippen LogP contribution in [0.5, 0.6) is 0 Å². The van der Waals surface area contributed by atoms with E-state index in [1.54, 1.807) is 0 Å². The largest absolute Gasteiger partial charge is 0.472 e. The summed E-state index contributed by atoms with van der Waals surface area (Å²) in [7, 11) is 1.51. The molecule has 0 amide bonds. The maximum absolute atomic E-state index is 12.9. The average molecular weight is 1360 g/mol. The number of carbonyl (C=O) groups excluding carboxylic acids is 2. The van der Waals surface area contributed by atoms with Crippen LogP contribution in [0.25, 0.3) is 0 Å². The van der Waals surface area contributed by atoms with Gasteiger partial charge in [0.2, 0.25) is 0 Å². The summed E-state index contributed by atoms with van der Waals surface area (Å²) in [6.45, 7) is 4.52. The topological polar surface area (TPSA) is 108 Å². The highest BCUT2D eigenvalue weighted by atomic mass is 31.2. The Hall–Kier alpha value is -1.51. The minimum Gasteiger partial charge on any atom is -0.462 e. The molecule has 9 nitrogen and oxygen atoms in total. The lowest BCUT2D eigenvalue weighted by Gasteiger charge is -2.24. The zero-order valence-corrected chi connectivity index (χ0v) is 65.6. The molecule has 0 aliphatic heterocycles. The highest BCUT2D eigenvalue weighted by molar-refractivity contribution is 7.47. The van der Waals surface area contributed by atoms with E-state index in [2.05, 4.69) is 38.2 Å². The van der Waals surface area contributed by atoms with Crippen LogP contribution in [0.2, 0.25) is 0 Å². The number of nitrogens with zero attached hydrogens (tertiary/aromatic N) is 1. The summed E-state index contributed by atoms with van der Waals surface area (Å²) < 4.78 is 34.9. The highest BCUT2D eigenvalue weighted by Gasteiger charge is 2.27. The van der Waals surface area contributed by atoms with Crippen molar-refractivity contribution in [3.05, 3.63) is 24.3 Å². The molecule has 0 aromatic rings. The molecule has 0 aliphatic carbocycles. The van der Waals surface area contributed by atoms with E-state index in [0.717, 1.165) is 44.9 Å². The van der Waals surface area contributed by atoms with Crippen molar-refractivity contribution >= 4 is 19.8 Å². The lowest BCUT2D eigenvalue weighted by Crippen LogP contribution is -2.37. The second-order valence-corrected chi connectivity index (χ2v) is 32.0. The smallest absolute Gasteiger partial charge is 0.462 e. The number of carbonyl (C=O) groups is 2. The zero-order chi connectivity index (χ0) is 69.0. The SMILES string of the molecule is CCCCCCC/C=C\C/C=C\CCCCCCCCCCCCCCCCCCCCCCCC(=O)OC(COC(=O)CCCCCCCCCCCCCCCCCCCCCCCCCCCCCCCCCCCCCCCC)COP(=O)(O)OCC[N+](C)(C)C. The molecule has 0 rings (SSSR count). The lowest BCUT2D eigenvalue weighted by atomic mass is 10.0. The number of hydrogen-bond acceptors (Lipinski definition) is 7. The van der Waals surface area contributed by atoms with Crippen LogP contribution in [-0.2, 0) is 32.7 Å². The minimum atomic E-state index is -4.39. The Balaban J connectivity index is 3.86. The van der Waals surface area contributed by atoms with Crippen molar-refractivity contribution in [1.29, 1.82) is 0 Å². The number of hydrogen-bond donors (Lipinski definition) is 1. The molecule has 2 unspecified atom stereocenters. The van der Waals surface area contributed by atoms with Crippen molar-refractivity contribution < 1.29 is 42.1 Å². The molecule has 0 aromatic heterocycles. The quantitative estimate of drug-likeness (QED) is 0.0211. The molecule has 0 fully saturated rings. The van der Waals surface area contributed by atoms with Gasteiger partial charge in [-0.3, -0.25) is 18.6 Å². The molecule has 0 saturated heterocycles. The molecule has 2 atom stereocenters. The second kappa shape index (κ2) is 76.7. The van der Waals surface area contributed by atoms with Gasteiger partial charge in [-0.15, -0.1) is 0 Å². The Labute approximate surface area is 593 Å². The first kappa shape index (κ1) is 93.5. The van der Waals surface area contributed by atoms with Gasteiger partial charge in [0.05, 0.1) is 27.7 Å². The van der Waals surface area contributed by atoms with Crippen molar-refractivity contribution in [3.63, 3.8) is 0 Å². The number of phosphoric acid groups is 1. The predicted octanol–water partition coefficient (Wildman–Crippen LogP) is 28.4. The third-order valence-corrected chi connectivity index (χ3v) is 20.7. The number of esters is 2. The molecular formula is C85H167NO8P+. The minimum absolute atomic E-state index is 0.0362. The van der Waals surface area contributed by atoms with Crippen LogP contribution in [0.4, 0.5) is 0 Å². The maximum atomic E-state index is 12.9. The molecule has 0 aliphatic rings. The number of likely N-dealkylation sites (N-methyl/N-ethyl adjacent to an activating group) is 1. The van der Waals surface area contributed by atoms with Gasteiger partial charge in [-0.1, -0.05) is 423 Å². The summed E-state index contributed by atoms with van der Waals surface area (Å²) in [4.78, 5) is 36.0. The molecule has 0 saturated carbocycles. The number of unbranched alkanes of at least 4 members (excludes halogenated alkanes) is 63. The van der Waals surface area contributed by atoms with Crippen LogP contribution in [0.3, 0.4) is 0 Å². The van der Waals surface area contributed by atoms with Crippen LogP contribution in [0.15, 0.2) is 24.3 Å². The van der Waals surface area contributed by atoms with E-state index in [1.165, 1.54) is 385 Å². The molecule has 1 N–H and O–H groups in total. The fraction of sp³-hybridized carbons (Fsp3) is 0.929. The Morgan fingerprint density at radius 1 is 0.326 bits per heavy atom. The molecule has 95 heavy (non-hydrogen) atoms. The number of allylic oxidation sites excluding steroid dienone is 4. The number of ether oxygens (including phenoxy) is 2. The van der Waals surface area contributed by atoms with E-state index >= 15 is 0 Å². The monoisotopic (exact) mass is 1360 g/mol. The first-order chi connectivity index (χ1) is 46.5. The Morgan fingerprint density at radius 3 is 0.832 bits per heavy atom. The standard InChI is InChI=1S/C85H166NO8P/c1-6-8-10-12-14-16-18-20-22-24-26-28-30-32-34-36-38-40-41-42-43-44-46-47-49-51-53-55-57-59-61-63-65-67-69-71-73-75-77-84(87)91-81-83(82-93-95(89,90)92-80-79-86(3,4)5)94-85(88)78-76-74-72-70-68-66-64-62-60-58-56-54-52-50-48-45-39-37-35-33-31-29-27-25-23-21-19-17-15-13-11-9-7-2/h19,21,25,27,83H,6-18,20,22-24,26,28-82H2,1-5H3/p+1/b21-19-,27-25-. The summed E-state index contributed by atoms with van der Waals surface area (Å²) in [5.41, 5.74) is 0. The summed E-state index contributed by atoms with van der Waals surface area (Å²) in [6.07, 6.45) is 99.3. The van der Waals surface area contributed by atoms with Crippen LogP contribution in [0.1, 0.15) is 457 Å². The highest BCUT2D eigenvalue weighted by Crippen LogP contribution is 2.43. The average Bonchev–Trinajstić information content (AvgIpc) is 1.80. The van der Waals surface area contributed by atoms with E-state index in [1.807, 2.05) is 21.1 Å². The summed E-state index contributed by atoms with van der Waals surface area (Å²) in [6, 6.07) is 0. The third-order valence-electron chi connectivity index (χ3n) is 19.7. The van der Waals surface area contributed by atoms with Gasteiger partial charge >= 0.3 is 19.8 Å². The van der Waals surface area contributed by atoms with Gasteiger partial charge in [-0.2, -0.15) is 0 Å². The molecular weight excluding hydrogens is 1190 g/mol. The van der Waals surface area contributed by atoms with Crippen LogP contribution in [0, 0.1) is 0 Å². The van der Waals surface area contributed by atoms with Gasteiger partial charge < -0.3 is 18.9 Å². The maximum Gasteiger partial charge on any atom is 0.472 e. The zero-order valence-electron chi connectivity index (χ0n) is 64.7. The van der Waals surface area contributed by atoms with E-state index in [9.17, 15) is 19.0 Å². The van der Waals surface area contributed by atoms with Crippen LogP contribution in [-0.4, -0.2) is 74.9 Å². The molecule has 10 heteroatoms. The lowest BCUT2D eigenvalue weighted by molar-refractivity contribution is -0.870. The van der Waals surface area contributed by atoms with Gasteiger partial charge in [0.15, 0.2) is 6.10 Å². The Kier molecular flexibility index (Phi) is 75.4. The van der Waals surface area contributed by atoms with Gasteiger partial charge in [-0.25, -0.2) is 4.57 Å². The van der Waals surface area contributed by atoms with Crippen LogP contribution < -0.4 is 0 Å². The summed E-state index contributed by atoms with van der Waals surface area (Å²) in [5, 5.41) is 0. The molecule has 0 bridgehead atoms. The summed E-state index contributed by atoms with van der Waals surface area (Å²) in [5.74, 6) is -0.767. The third kappa shape index (κ3) is 81.3. The number of rotatable bonds is 81. The normalized spacial score (nSPS) is 13.0. The fourth-order valence-corrected chi connectivity index (χ4v) is 14.0.